The SMILES string of the molecule is Cc1cc([N+](=O)[O-])c(S(=O)(=O)NCCN)cc1C.Cl. The molecule has 0 saturated heterocycles. The molecule has 1 rings (SSSR count). The second-order valence-corrected chi connectivity index (χ2v) is 5.58. The lowest BCUT2D eigenvalue weighted by molar-refractivity contribution is -0.387. The van der Waals surface area contributed by atoms with Crippen molar-refractivity contribution in [3.63, 3.8) is 0 Å². The molecule has 1 aromatic rings. The summed E-state index contributed by atoms with van der Waals surface area (Å²) in [6, 6.07) is 2.55. The summed E-state index contributed by atoms with van der Waals surface area (Å²) in [4.78, 5) is 9.86. The van der Waals surface area contributed by atoms with Crippen LogP contribution in [-0.4, -0.2) is 26.4 Å². The van der Waals surface area contributed by atoms with Crippen molar-refractivity contribution in [3.05, 3.63) is 33.4 Å². The van der Waals surface area contributed by atoms with Gasteiger partial charge in [0.1, 0.15) is 0 Å². The van der Waals surface area contributed by atoms with Crippen molar-refractivity contribution in [1.82, 2.24) is 4.72 Å². The summed E-state index contributed by atoms with van der Waals surface area (Å²) in [7, 11) is -3.91. The van der Waals surface area contributed by atoms with Crippen LogP contribution in [0.1, 0.15) is 11.1 Å². The standard InChI is InChI=1S/C10H15N3O4S.ClH/c1-7-5-9(13(14)15)10(6-8(7)2)18(16,17)12-4-3-11;/h5-6,12H,3-4,11H2,1-2H3;1H. The zero-order valence-corrected chi connectivity index (χ0v) is 12.2. The quantitative estimate of drug-likeness (QED) is 0.618. The first-order chi connectivity index (χ1) is 8.29. The zero-order valence-electron chi connectivity index (χ0n) is 10.5. The maximum absolute atomic E-state index is 11.9. The summed E-state index contributed by atoms with van der Waals surface area (Å²) in [6.45, 7) is 3.54. The molecule has 0 spiro atoms. The normalized spacial score (nSPS) is 10.9. The van der Waals surface area contributed by atoms with Gasteiger partial charge in [-0.1, -0.05) is 0 Å². The molecule has 1 aromatic carbocycles. The molecule has 0 fully saturated rings. The van der Waals surface area contributed by atoms with E-state index in [1.165, 1.54) is 12.1 Å². The van der Waals surface area contributed by atoms with E-state index in [9.17, 15) is 18.5 Å². The third-order valence-corrected chi connectivity index (χ3v) is 3.99. The van der Waals surface area contributed by atoms with E-state index in [2.05, 4.69) is 4.72 Å². The van der Waals surface area contributed by atoms with E-state index in [1.54, 1.807) is 13.8 Å². The monoisotopic (exact) mass is 309 g/mol. The molecule has 0 aromatic heterocycles. The second-order valence-electron chi connectivity index (χ2n) is 3.85. The predicted molar refractivity (Wildman–Crippen MR) is 74.1 cm³/mol. The lowest BCUT2D eigenvalue weighted by Crippen LogP contribution is -2.29. The highest BCUT2D eigenvalue weighted by Gasteiger charge is 2.26. The van der Waals surface area contributed by atoms with Crippen LogP contribution >= 0.6 is 12.4 Å². The molecular weight excluding hydrogens is 294 g/mol. The van der Waals surface area contributed by atoms with Gasteiger partial charge in [0.15, 0.2) is 4.90 Å². The molecule has 7 nitrogen and oxygen atoms in total. The van der Waals surface area contributed by atoms with Gasteiger partial charge in [0.25, 0.3) is 5.69 Å². The van der Waals surface area contributed by atoms with E-state index in [-0.39, 0.29) is 30.4 Å². The number of hydrogen-bond donors (Lipinski definition) is 2. The highest BCUT2D eigenvalue weighted by atomic mass is 35.5. The van der Waals surface area contributed by atoms with Crippen molar-refractivity contribution in [1.29, 1.82) is 0 Å². The number of nitro benzene ring substituents is 1. The number of nitro groups is 1. The van der Waals surface area contributed by atoms with Crippen LogP contribution in [0.4, 0.5) is 5.69 Å². The molecule has 19 heavy (non-hydrogen) atoms. The lowest BCUT2D eigenvalue weighted by atomic mass is 10.1. The second kappa shape index (κ2) is 6.80. The molecule has 0 aliphatic carbocycles. The minimum Gasteiger partial charge on any atom is -0.329 e. The van der Waals surface area contributed by atoms with Crippen LogP contribution in [0.25, 0.3) is 0 Å². The number of benzene rings is 1. The van der Waals surface area contributed by atoms with Gasteiger partial charge in [-0.05, 0) is 31.0 Å². The largest absolute Gasteiger partial charge is 0.329 e. The van der Waals surface area contributed by atoms with Gasteiger partial charge in [-0.15, -0.1) is 12.4 Å². The summed E-state index contributed by atoms with van der Waals surface area (Å²) in [5, 5.41) is 10.9. The topological polar surface area (TPSA) is 115 Å². The summed E-state index contributed by atoms with van der Waals surface area (Å²) in [5.74, 6) is 0. The minimum atomic E-state index is -3.91. The molecule has 0 bridgehead atoms. The molecule has 0 unspecified atom stereocenters. The van der Waals surface area contributed by atoms with Gasteiger partial charge in [0, 0.05) is 19.2 Å². The Morgan fingerprint density at radius 3 is 2.32 bits per heavy atom. The minimum absolute atomic E-state index is 0. The van der Waals surface area contributed by atoms with Crippen LogP contribution in [0, 0.1) is 24.0 Å². The summed E-state index contributed by atoms with van der Waals surface area (Å²) >= 11 is 0. The Morgan fingerprint density at radius 2 is 1.84 bits per heavy atom. The lowest BCUT2D eigenvalue weighted by Gasteiger charge is -2.08. The number of halogens is 1. The molecule has 3 N–H and O–H groups in total. The molecule has 0 amide bonds. The van der Waals surface area contributed by atoms with Crippen LogP contribution < -0.4 is 10.5 Å². The molecule has 0 radical (unpaired) electrons. The highest BCUT2D eigenvalue weighted by Crippen LogP contribution is 2.26. The van der Waals surface area contributed by atoms with Crippen LogP contribution in [0.2, 0.25) is 0 Å². The number of nitrogens with two attached hydrogens (primary N) is 1. The zero-order chi connectivity index (χ0) is 13.9. The number of sulfonamides is 1. The maximum atomic E-state index is 11.9. The van der Waals surface area contributed by atoms with Crippen molar-refractivity contribution in [2.24, 2.45) is 5.73 Å². The van der Waals surface area contributed by atoms with Crippen LogP contribution in [0.5, 0.6) is 0 Å². The van der Waals surface area contributed by atoms with Crippen molar-refractivity contribution < 1.29 is 13.3 Å². The van der Waals surface area contributed by atoms with E-state index < -0.39 is 20.6 Å². The van der Waals surface area contributed by atoms with Gasteiger partial charge in [-0.25, -0.2) is 13.1 Å². The van der Waals surface area contributed by atoms with E-state index in [0.717, 1.165) is 0 Å². The fraction of sp³-hybridized carbons (Fsp3) is 0.400. The molecule has 0 atom stereocenters. The van der Waals surface area contributed by atoms with Gasteiger partial charge in [-0.2, -0.15) is 0 Å². The number of hydrogen-bond acceptors (Lipinski definition) is 5. The van der Waals surface area contributed by atoms with Crippen LogP contribution in [-0.2, 0) is 10.0 Å². The number of nitrogens with zero attached hydrogens (tertiary/aromatic N) is 1. The highest BCUT2D eigenvalue weighted by molar-refractivity contribution is 7.89. The van der Waals surface area contributed by atoms with Gasteiger partial charge in [0.2, 0.25) is 10.0 Å². The molecule has 0 heterocycles. The summed E-state index contributed by atoms with van der Waals surface area (Å²) in [5.41, 5.74) is 6.12. The number of nitrogens with one attached hydrogen (secondary N) is 1. The van der Waals surface area contributed by atoms with Gasteiger partial charge < -0.3 is 5.73 Å². The van der Waals surface area contributed by atoms with Crippen LogP contribution in [0.3, 0.4) is 0 Å². The summed E-state index contributed by atoms with van der Waals surface area (Å²) < 4.78 is 26.0. The maximum Gasteiger partial charge on any atom is 0.289 e. The first kappa shape index (κ1) is 17.8. The van der Waals surface area contributed by atoms with Gasteiger partial charge >= 0.3 is 0 Å². The van der Waals surface area contributed by atoms with Gasteiger partial charge in [-0.3, -0.25) is 10.1 Å². The van der Waals surface area contributed by atoms with Crippen molar-refractivity contribution in [2.75, 3.05) is 13.1 Å². The van der Waals surface area contributed by atoms with E-state index in [4.69, 9.17) is 5.73 Å². The summed E-state index contributed by atoms with van der Waals surface area (Å²) in [6.07, 6.45) is 0. The smallest absolute Gasteiger partial charge is 0.289 e. The fourth-order valence-electron chi connectivity index (χ4n) is 1.40. The van der Waals surface area contributed by atoms with E-state index >= 15 is 0 Å². The Balaban J connectivity index is 0.00000324. The first-order valence-corrected chi connectivity index (χ1v) is 6.73. The van der Waals surface area contributed by atoms with Gasteiger partial charge in [0.05, 0.1) is 4.92 Å². The molecule has 0 aliphatic heterocycles. The third-order valence-electron chi connectivity index (χ3n) is 2.50. The van der Waals surface area contributed by atoms with E-state index in [1.807, 2.05) is 0 Å². The van der Waals surface area contributed by atoms with Crippen molar-refractivity contribution >= 4 is 28.1 Å². The van der Waals surface area contributed by atoms with Crippen molar-refractivity contribution in [2.45, 2.75) is 18.7 Å². The average molecular weight is 310 g/mol. The van der Waals surface area contributed by atoms with E-state index in [0.29, 0.717) is 11.1 Å². The predicted octanol–water partition coefficient (Wildman–Crippen LogP) is 0.870. The Hall–Kier alpha value is -1.22. The third kappa shape index (κ3) is 4.13. The fourth-order valence-corrected chi connectivity index (χ4v) is 2.69. The average Bonchev–Trinajstić information content (AvgIpc) is 2.29. The Bertz CT molecular complexity index is 574. The number of rotatable bonds is 5. The first-order valence-electron chi connectivity index (χ1n) is 5.25. The molecule has 0 aliphatic rings. The number of aryl methyl sites for hydroxylation is 2. The molecular formula is C10H16ClN3O4S. The Morgan fingerprint density at radius 1 is 1.32 bits per heavy atom. The van der Waals surface area contributed by atoms with Crippen molar-refractivity contribution in [3.8, 4) is 0 Å². The molecule has 108 valence electrons. The van der Waals surface area contributed by atoms with Crippen LogP contribution in [0.15, 0.2) is 17.0 Å². The Labute approximate surface area is 117 Å². The molecule has 0 saturated carbocycles. The Kier molecular flexibility index (Phi) is 6.37. The molecule has 9 heteroatoms.